The molecule has 2 bridgehead atoms. The molecule has 12 heteroatoms. The highest BCUT2D eigenvalue weighted by atomic mass is 35.5. The number of anilines is 1. The molecule has 2 unspecified atom stereocenters. The van der Waals surface area contributed by atoms with E-state index in [-0.39, 0.29) is 45.3 Å². The standard InChI is InChI=1S/C29H43ClFN5O4Si/c1-27(2,3)40-26(37)36-18-9-10-19(36)15-35(14-18)24-20-13-32-23(30)21(31)22(20)33-25(34-24)38-16-29(11-12-29)17-39-41(7,8)28(4,5)6/h13,18-19H,9-12,14-17H2,1-8H3. The minimum Gasteiger partial charge on any atom is -0.463 e. The van der Waals surface area contributed by atoms with Crippen molar-refractivity contribution in [2.45, 2.75) is 103 Å². The molecule has 4 heterocycles. The van der Waals surface area contributed by atoms with E-state index in [2.05, 4.69) is 48.7 Å². The number of hydrogen-bond donors (Lipinski definition) is 0. The number of piperazine rings is 1. The first-order valence-corrected chi connectivity index (χ1v) is 17.8. The van der Waals surface area contributed by atoms with E-state index >= 15 is 4.39 Å². The number of fused-ring (bicyclic) bond motifs is 3. The molecule has 226 valence electrons. The molecule has 5 rings (SSSR count). The summed E-state index contributed by atoms with van der Waals surface area (Å²) in [5.74, 6) is -0.161. The SMILES string of the molecule is CC(C)(C)OC(=O)N1C2CCC1CN(c1nc(OCC3(CO[Si](C)(C)C(C)(C)C)CC3)nc3c(F)c(Cl)ncc13)C2. The van der Waals surface area contributed by atoms with Crippen LogP contribution in [0.4, 0.5) is 15.0 Å². The van der Waals surface area contributed by atoms with Crippen LogP contribution in [-0.2, 0) is 9.16 Å². The fourth-order valence-electron chi connectivity index (χ4n) is 5.27. The molecule has 9 nitrogen and oxygen atoms in total. The highest BCUT2D eigenvalue weighted by Crippen LogP contribution is 2.48. The van der Waals surface area contributed by atoms with Crippen molar-refractivity contribution in [1.29, 1.82) is 0 Å². The van der Waals surface area contributed by atoms with Gasteiger partial charge in [0.25, 0.3) is 0 Å². The predicted molar refractivity (Wildman–Crippen MR) is 160 cm³/mol. The third-order valence-corrected chi connectivity index (χ3v) is 13.7. The minimum absolute atomic E-state index is 0.0368. The molecule has 1 aliphatic carbocycles. The lowest BCUT2D eigenvalue weighted by Gasteiger charge is -2.42. The Morgan fingerprint density at radius 3 is 2.29 bits per heavy atom. The van der Waals surface area contributed by atoms with E-state index in [1.807, 2.05) is 25.7 Å². The smallest absolute Gasteiger partial charge is 0.410 e. The van der Waals surface area contributed by atoms with Crippen molar-refractivity contribution in [3.8, 4) is 6.01 Å². The molecule has 2 aromatic rings. The topological polar surface area (TPSA) is 89.9 Å². The normalized spacial score (nSPS) is 22.3. The molecule has 0 radical (unpaired) electrons. The first kappa shape index (κ1) is 30.2. The Kier molecular flexibility index (Phi) is 7.73. The number of rotatable bonds is 7. The summed E-state index contributed by atoms with van der Waals surface area (Å²) in [4.78, 5) is 30.2. The average molecular weight is 608 g/mol. The molecule has 1 amide bonds. The Morgan fingerprint density at radius 1 is 1.10 bits per heavy atom. The lowest BCUT2D eigenvalue weighted by molar-refractivity contribution is 0.0122. The van der Waals surface area contributed by atoms with Crippen molar-refractivity contribution in [1.82, 2.24) is 19.9 Å². The maximum atomic E-state index is 15.2. The molecule has 2 atom stereocenters. The number of ether oxygens (including phenoxy) is 2. The number of hydrogen-bond acceptors (Lipinski definition) is 8. The molecule has 2 saturated heterocycles. The van der Waals surface area contributed by atoms with E-state index < -0.39 is 19.7 Å². The van der Waals surface area contributed by atoms with Crippen molar-refractivity contribution < 1.29 is 23.1 Å². The fourth-order valence-corrected chi connectivity index (χ4v) is 6.51. The predicted octanol–water partition coefficient (Wildman–Crippen LogP) is 6.59. The third kappa shape index (κ3) is 6.27. The molecule has 0 N–H and O–H groups in total. The van der Waals surface area contributed by atoms with Crippen molar-refractivity contribution in [2.24, 2.45) is 5.41 Å². The largest absolute Gasteiger partial charge is 0.463 e. The summed E-state index contributed by atoms with van der Waals surface area (Å²) in [5.41, 5.74) is -0.574. The first-order chi connectivity index (χ1) is 19.0. The highest BCUT2D eigenvalue weighted by molar-refractivity contribution is 6.74. The summed E-state index contributed by atoms with van der Waals surface area (Å²) in [5, 5.41) is 0.342. The minimum atomic E-state index is -1.90. The van der Waals surface area contributed by atoms with Gasteiger partial charge >= 0.3 is 12.1 Å². The van der Waals surface area contributed by atoms with Crippen LogP contribution in [0.2, 0.25) is 23.3 Å². The van der Waals surface area contributed by atoms with Crippen molar-refractivity contribution in [3.63, 3.8) is 0 Å². The highest BCUT2D eigenvalue weighted by Gasteiger charge is 2.48. The summed E-state index contributed by atoms with van der Waals surface area (Å²) < 4.78 is 33.6. The van der Waals surface area contributed by atoms with Crippen LogP contribution < -0.4 is 9.64 Å². The van der Waals surface area contributed by atoms with E-state index in [0.717, 1.165) is 25.7 Å². The second kappa shape index (κ2) is 10.5. The maximum absolute atomic E-state index is 15.2. The van der Waals surface area contributed by atoms with E-state index in [0.29, 0.717) is 37.5 Å². The number of nitrogens with zero attached hydrogens (tertiary/aromatic N) is 5. The summed E-state index contributed by atoms with van der Waals surface area (Å²) >= 11 is 6.05. The molecular formula is C29H43ClFN5O4Si. The van der Waals surface area contributed by atoms with Gasteiger partial charge in [0, 0.05) is 31.3 Å². The van der Waals surface area contributed by atoms with E-state index in [9.17, 15) is 4.79 Å². The van der Waals surface area contributed by atoms with E-state index in [1.165, 1.54) is 6.20 Å². The zero-order chi connectivity index (χ0) is 30.0. The number of carbonyl (C=O) groups excluding carboxylic acids is 1. The van der Waals surface area contributed by atoms with E-state index in [4.69, 9.17) is 30.5 Å². The van der Waals surface area contributed by atoms with Crippen LogP contribution in [0.15, 0.2) is 6.20 Å². The van der Waals surface area contributed by atoms with Gasteiger partial charge in [-0.15, -0.1) is 0 Å². The second-order valence-corrected chi connectivity index (χ2v) is 19.6. The monoisotopic (exact) mass is 607 g/mol. The second-order valence-electron chi connectivity index (χ2n) is 14.5. The van der Waals surface area contributed by atoms with Gasteiger partial charge in [-0.3, -0.25) is 4.90 Å². The van der Waals surface area contributed by atoms with Crippen LogP contribution in [-0.4, -0.2) is 78.3 Å². The van der Waals surface area contributed by atoms with Crippen LogP contribution in [0.5, 0.6) is 6.01 Å². The summed E-state index contributed by atoms with van der Waals surface area (Å²) in [6, 6.07) is 0.0322. The molecule has 0 aromatic carbocycles. The van der Waals surface area contributed by atoms with Crippen LogP contribution >= 0.6 is 11.6 Å². The van der Waals surface area contributed by atoms with Crippen LogP contribution in [0, 0.1) is 11.2 Å². The number of amides is 1. The van der Waals surface area contributed by atoms with Crippen LogP contribution in [0.1, 0.15) is 67.2 Å². The van der Waals surface area contributed by atoms with Crippen molar-refractivity contribution in [2.75, 3.05) is 31.2 Å². The molecule has 2 aromatic heterocycles. The van der Waals surface area contributed by atoms with Gasteiger partial charge in [-0.25, -0.2) is 14.2 Å². The van der Waals surface area contributed by atoms with Crippen molar-refractivity contribution >= 4 is 42.7 Å². The Morgan fingerprint density at radius 2 is 1.73 bits per heavy atom. The molecule has 3 aliphatic rings. The summed E-state index contributed by atoms with van der Waals surface area (Å²) in [7, 11) is -1.90. The van der Waals surface area contributed by atoms with Crippen molar-refractivity contribution in [3.05, 3.63) is 17.2 Å². The van der Waals surface area contributed by atoms with Gasteiger partial charge in [-0.1, -0.05) is 32.4 Å². The van der Waals surface area contributed by atoms with Gasteiger partial charge in [-0.05, 0) is 64.6 Å². The number of aromatic nitrogens is 3. The Bertz CT molecular complexity index is 1310. The van der Waals surface area contributed by atoms with Crippen LogP contribution in [0.3, 0.4) is 0 Å². The molecule has 2 aliphatic heterocycles. The average Bonchev–Trinajstić information content (AvgIpc) is 3.59. The lowest BCUT2D eigenvalue weighted by atomic mass is 10.1. The summed E-state index contributed by atoms with van der Waals surface area (Å²) in [6.07, 6.45) is 4.95. The Hall–Kier alpha value is -2.24. The molecule has 1 saturated carbocycles. The van der Waals surface area contributed by atoms with Gasteiger partial charge < -0.3 is 18.8 Å². The fraction of sp³-hybridized carbons (Fsp3) is 0.724. The first-order valence-electron chi connectivity index (χ1n) is 14.5. The molecule has 41 heavy (non-hydrogen) atoms. The quantitative estimate of drug-likeness (QED) is 0.257. The third-order valence-electron chi connectivity index (χ3n) is 9.00. The molecular weight excluding hydrogens is 565 g/mol. The number of halogens is 2. The maximum Gasteiger partial charge on any atom is 0.410 e. The number of carbonyl (C=O) groups is 1. The van der Waals surface area contributed by atoms with Gasteiger partial charge in [0.2, 0.25) is 0 Å². The Labute approximate surface area is 248 Å². The number of pyridine rings is 1. The van der Waals surface area contributed by atoms with Gasteiger partial charge in [-0.2, -0.15) is 9.97 Å². The zero-order valence-electron chi connectivity index (χ0n) is 25.5. The lowest BCUT2D eigenvalue weighted by Crippen LogP contribution is -2.57. The van der Waals surface area contributed by atoms with E-state index in [1.54, 1.807) is 0 Å². The van der Waals surface area contributed by atoms with Crippen LogP contribution in [0.25, 0.3) is 10.9 Å². The molecule has 3 fully saturated rings. The Balaban J connectivity index is 1.37. The zero-order valence-corrected chi connectivity index (χ0v) is 27.3. The van der Waals surface area contributed by atoms with Gasteiger partial charge in [0.05, 0.1) is 24.1 Å². The molecule has 0 spiro atoms. The van der Waals surface area contributed by atoms with Gasteiger partial charge in [0.1, 0.15) is 16.9 Å². The van der Waals surface area contributed by atoms with Gasteiger partial charge in [0.15, 0.2) is 19.3 Å². The summed E-state index contributed by atoms with van der Waals surface area (Å²) in [6.45, 7) is 18.9.